The number of rotatable bonds is 5. The van der Waals surface area contributed by atoms with Crippen LogP contribution in [0, 0.1) is 19.8 Å². The van der Waals surface area contributed by atoms with Crippen LogP contribution in [0.4, 0.5) is 0 Å². The topological polar surface area (TPSA) is 68.8 Å². The predicted molar refractivity (Wildman–Crippen MR) is 78.9 cm³/mol. The van der Waals surface area contributed by atoms with E-state index in [1.165, 1.54) is 6.42 Å². The first-order chi connectivity index (χ1) is 10.2. The third kappa shape index (κ3) is 3.00. The fourth-order valence-electron chi connectivity index (χ4n) is 2.88. The van der Waals surface area contributed by atoms with Crippen LogP contribution in [0.25, 0.3) is 0 Å². The maximum Gasteiger partial charge on any atom is 0.208 e. The second kappa shape index (κ2) is 5.97. The zero-order valence-corrected chi connectivity index (χ0v) is 13.0. The molecule has 3 rings (SSSR count). The van der Waals surface area contributed by atoms with Crippen LogP contribution in [-0.2, 0) is 25.9 Å². The SMILES string of the molecule is CCc1nnc2n1C[C@@H](CNCc1nc(C)c(C)o1)CC2. The van der Waals surface area contributed by atoms with E-state index in [0.29, 0.717) is 12.5 Å². The minimum absolute atomic E-state index is 0.621. The van der Waals surface area contributed by atoms with E-state index in [1.54, 1.807) is 0 Å². The van der Waals surface area contributed by atoms with E-state index in [-0.39, 0.29) is 0 Å². The fourth-order valence-corrected chi connectivity index (χ4v) is 2.88. The molecule has 0 saturated carbocycles. The molecular weight excluding hydrogens is 266 g/mol. The summed E-state index contributed by atoms with van der Waals surface area (Å²) in [5.41, 5.74) is 0.978. The molecule has 0 aromatic carbocycles. The van der Waals surface area contributed by atoms with Crippen molar-refractivity contribution in [3.05, 3.63) is 29.0 Å². The van der Waals surface area contributed by atoms with E-state index in [4.69, 9.17) is 4.42 Å². The Hall–Kier alpha value is -1.69. The van der Waals surface area contributed by atoms with Gasteiger partial charge in [0.1, 0.15) is 17.4 Å². The first-order valence-electron chi connectivity index (χ1n) is 7.72. The van der Waals surface area contributed by atoms with Crippen LogP contribution in [0.1, 0.15) is 42.3 Å². The lowest BCUT2D eigenvalue weighted by Gasteiger charge is -2.24. The molecule has 0 saturated heterocycles. The molecule has 2 aromatic rings. The predicted octanol–water partition coefficient (Wildman–Crippen LogP) is 1.80. The summed E-state index contributed by atoms with van der Waals surface area (Å²) in [6, 6.07) is 0. The molecule has 0 amide bonds. The quantitative estimate of drug-likeness (QED) is 0.909. The lowest BCUT2D eigenvalue weighted by molar-refractivity contribution is 0.334. The van der Waals surface area contributed by atoms with Crippen molar-refractivity contribution in [2.75, 3.05) is 6.54 Å². The van der Waals surface area contributed by atoms with Gasteiger partial charge in [-0.1, -0.05) is 6.92 Å². The highest BCUT2D eigenvalue weighted by molar-refractivity contribution is 5.05. The molecular formula is C15H23N5O. The van der Waals surface area contributed by atoms with E-state index in [2.05, 4.69) is 32.0 Å². The highest BCUT2D eigenvalue weighted by Gasteiger charge is 2.22. The molecule has 3 heterocycles. The van der Waals surface area contributed by atoms with Gasteiger partial charge in [0.25, 0.3) is 0 Å². The highest BCUT2D eigenvalue weighted by atomic mass is 16.4. The van der Waals surface area contributed by atoms with Crippen molar-refractivity contribution >= 4 is 0 Å². The minimum atomic E-state index is 0.621. The second-order valence-electron chi connectivity index (χ2n) is 5.78. The van der Waals surface area contributed by atoms with Crippen LogP contribution >= 0.6 is 0 Å². The van der Waals surface area contributed by atoms with E-state index in [9.17, 15) is 0 Å². The van der Waals surface area contributed by atoms with Crippen molar-refractivity contribution in [1.29, 1.82) is 0 Å². The van der Waals surface area contributed by atoms with Gasteiger partial charge in [-0.2, -0.15) is 0 Å². The molecule has 114 valence electrons. The van der Waals surface area contributed by atoms with Crippen molar-refractivity contribution < 1.29 is 4.42 Å². The van der Waals surface area contributed by atoms with Crippen LogP contribution in [0.5, 0.6) is 0 Å². The monoisotopic (exact) mass is 289 g/mol. The van der Waals surface area contributed by atoms with Crippen LogP contribution in [0.15, 0.2) is 4.42 Å². The molecule has 0 bridgehead atoms. The summed E-state index contributed by atoms with van der Waals surface area (Å²) in [4.78, 5) is 4.39. The standard InChI is InChI=1S/C15H23N5O/c1-4-13-18-19-14-6-5-12(9-20(13)14)7-16-8-15-17-10(2)11(3)21-15/h12,16H,4-9H2,1-3H3/t12-/m1/s1. The molecule has 1 aliphatic heterocycles. The van der Waals surface area contributed by atoms with Crippen LogP contribution in [0.2, 0.25) is 0 Å². The first kappa shape index (κ1) is 14.3. The van der Waals surface area contributed by atoms with Crippen LogP contribution < -0.4 is 5.32 Å². The summed E-state index contributed by atoms with van der Waals surface area (Å²) in [5.74, 6) is 4.55. The summed E-state index contributed by atoms with van der Waals surface area (Å²) in [6.07, 6.45) is 3.14. The summed E-state index contributed by atoms with van der Waals surface area (Å²) >= 11 is 0. The third-order valence-electron chi connectivity index (χ3n) is 4.22. The van der Waals surface area contributed by atoms with Gasteiger partial charge in [-0.15, -0.1) is 10.2 Å². The lowest BCUT2D eigenvalue weighted by Crippen LogP contribution is -2.30. The van der Waals surface area contributed by atoms with Gasteiger partial charge in [-0.05, 0) is 26.2 Å². The summed E-state index contributed by atoms with van der Waals surface area (Å²) < 4.78 is 7.87. The average molecular weight is 289 g/mol. The van der Waals surface area contributed by atoms with Crippen molar-refractivity contribution in [3.63, 3.8) is 0 Å². The van der Waals surface area contributed by atoms with Gasteiger partial charge in [0.15, 0.2) is 0 Å². The van der Waals surface area contributed by atoms with Gasteiger partial charge in [-0.3, -0.25) is 0 Å². The molecule has 0 spiro atoms. The average Bonchev–Trinajstić information content (AvgIpc) is 3.02. The van der Waals surface area contributed by atoms with Gasteiger partial charge in [0, 0.05) is 25.9 Å². The van der Waals surface area contributed by atoms with Gasteiger partial charge < -0.3 is 14.3 Å². The molecule has 1 N–H and O–H groups in total. The second-order valence-corrected chi connectivity index (χ2v) is 5.78. The van der Waals surface area contributed by atoms with E-state index in [0.717, 1.165) is 54.9 Å². The zero-order valence-electron chi connectivity index (χ0n) is 13.0. The minimum Gasteiger partial charge on any atom is -0.444 e. The Morgan fingerprint density at radius 2 is 2.19 bits per heavy atom. The molecule has 2 aromatic heterocycles. The zero-order chi connectivity index (χ0) is 14.8. The van der Waals surface area contributed by atoms with Crippen LogP contribution in [-0.4, -0.2) is 26.3 Å². The number of nitrogens with zero attached hydrogens (tertiary/aromatic N) is 4. The summed E-state index contributed by atoms with van der Waals surface area (Å²) in [5, 5.41) is 12.0. The maximum absolute atomic E-state index is 5.59. The summed E-state index contributed by atoms with van der Waals surface area (Å²) in [7, 11) is 0. The third-order valence-corrected chi connectivity index (χ3v) is 4.22. The molecule has 1 aliphatic rings. The Kier molecular flexibility index (Phi) is 4.05. The normalized spacial score (nSPS) is 18.0. The number of fused-ring (bicyclic) bond motifs is 1. The smallest absolute Gasteiger partial charge is 0.208 e. The Labute approximate surface area is 125 Å². The number of nitrogens with one attached hydrogen (secondary N) is 1. The number of hydrogen-bond acceptors (Lipinski definition) is 5. The van der Waals surface area contributed by atoms with E-state index < -0.39 is 0 Å². The molecule has 6 heteroatoms. The first-order valence-corrected chi connectivity index (χ1v) is 7.72. The highest BCUT2D eigenvalue weighted by Crippen LogP contribution is 2.20. The molecule has 1 atom stereocenters. The van der Waals surface area contributed by atoms with Gasteiger partial charge in [0.05, 0.1) is 12.2 Å². The summed E-state index contributed by atoms with van der Waals surface area (Å²) in [6.45, 7) is 8.74. The Morgan fingerprint density at radius 1 is 1.33 bits per heavy atom. The van der Waals surface area contributed by atoms with E-state index in [1.807, 2.05) is 13.8 Å². The fraction of sp³-hybridized carbons (Fsp3) is 0.667. The molecule has 0 radical (unpaired) electrons. The number of oxazole rings is 1. The van der Waals surface area contributed by atoms with E-state index >= 15 is 0 Å². The largest absolute Gasteiger partial charge is 0.444 e. The van der Waals surface area contributed by atoms with Gasteiger partial charge in [0.2, 0.25) is 5.89 Å². The Balaban J connectivity index is 1.53. The lowest BCUT2D eigenvalue weighted by atomic mass is 9.99. The van der Waals surface area contributed by atoms with Gasteiger partial charge >= 0.3 is 0 Å². The molecule has 6 nitrogen and oxygen atoms in total. The molecule has 0 fully saturated rings. The number of hydrogen-bond donors (Lipinski definition) is 1. The van der Waals surface area contributed by atoms with Crippen molar-refractivity contribution in [1.82, 2.24) is 25.1 Å². The Morgan fingerprint density at radius 3 is 2.90 bits per heavy atom. The maximum atomic E-state index is 5.59. The van der Waals surface area contributed by atoms with Crippen molar-refractivity contribution in [2.24, 2.45) is 5.92 Å². The van der Waals surface area contributed by atoms with Gasteiger partial charge in [-0.25, -0.2) is 4.98 Å². The number of aromatic nitrogens is 4. The Bertz CT molecular complexity index is 583. The molecule has 0 aliphatic carbocycles. The van der Waals surface area contributed by atoms with Crippen molar-refractivity contribution in [2.45, 2.75) is 53.1 Å². The van der Waals surface area contributed by atoms with Crippen molar-refractivity contribution in [3.8, 4) is 0 Å². The molecule has 21 heavy (non-hydrogen) atoms. The molecule has 0 unspecified atom stereocenters. The van der Waals surface area contributed by atoms with Crippen LogP contribution in [0.3, 0.4) is 0 Å². The number of aryl methyl sites for hydroxylation is 4.